The van der Waals surface area contributed by atoms with Crippen molar-refractivity contribution in [1.82, 2.24) is 0 Å². The average molecular weight is 277 g/mol. The van der Waals surface area contributed by atoms with Gasteiger partial charge in [-0.3, -0.25) is 4.72 Å². The molecule has 4 nitrogen and oxygen atoms in total. The van der Waals surface area contributed by atoms with E-state index in [1.807, 2.05) is 13.0 Å². The fourth-order valence-electron chi connectivity index (χ4n) is 1.69. The van der Waals surface area contributed by atoms with Gasteiger partial charge in [-0.05, 0) is 30.7 Å². The van der Waals surface area contributed by atoms with Crippen LogP contribution in [-0.4, -0.2) is 15.5 Å². The van der Waals surface area contributed by atoms with Crippen LogP contribution < -0.4 is 9.46 Å². The van der Waals surface area contributed by atoms with Gasteiger partial charge in [0.25, 0.3) is 10.0 Å². The molecule has 2 aromatic rings. The molecule has 0 amide bonds. The Morgan fingerprint density at radius 2 is 1.74 bits per heavy atom. The third-order valence-corrected chi connectivity index (χ3v) is 4.09. The number of ether oxygens (including phenoxy) is 1. The van der Waals surface area contributed by atoms with Gasteiger partial charge in [0, 0.05) is 11.8 Å². The number of benzene rings is 2. The molecule has 19 heavy (non-hydrogen) atoms. The topological polar surface area (TPSA) is 55.4 Å². The van der Waals surface area contributed by atoms with Gasteiger partial charge in [0.1, 0.15) is 5.75 Å². The minimum atomic E-state index is -3.59. The second kappa shape index (κ2) is 5.32. The standard InChI is InChI=1S/C14H15NO3S/c1-11-8-9-13(10-14(11)18-2)19(16,17)15-12-6-4-3-5-7-12/h3-10,15H,1-2H3. The number of methoxy groups -OCH3 is 1. The lowest BCUT2D eigenvalue weighted by atomic mass is 10.2. The van der Waals surface area contributed by atoms with E-state index < -0.39 is 10.0 Å². The highest BCUT2D eigenvalue weighted by molar-refractivity contribution is 7.92. The number of rotatable bonds is 4. The van der Waals surface area contributed by atoms with Crippen molar-refractivity contribution in [3.05, 3.63) is 54.1 Å². The van der Waals surface area contributed by atoms with Crippen LogP contribution in [0.3, 0.4) is 0 Å². The SMILES string of the molecule is COc1cc(S(=O)(=O)Nc2ccccc2)ccc1C. The van der Waals surface area contributed by atoms with Gasteiger partial charge in [0.2, 0.25) is 0 Å². The first-order valence-electron chi connectivity index (χ1n) is 5.75. The van der Waals surface area contributed by atoms with Crippen LogP contribution in [-0.2, 0) is 10.0 Å². The van der Waals surface area contributed by atoms with Gasteiger partial charge >= 0.3 is 0 Å². The summed E-state index contributed by atoms with van der Waals surface area (Å²) in [6.45, 7) is 1.86. The molecule has 0 spiro atoms. The summed E-state index contributed by atoms with van der Waals surface area (Å²) < 4.78 is 32.1. The van der Waals surface area contributed by atoms with Crippen LogP contribution in [0.4, 0.5) is 5.69 Å². The van der Waals surface area contributed by atoms with Crippen molar-refractivity contribution in [2.45, 2.75) is 11.8 Å². The lowest BCUT2D eigenvalue weighted by Gasteiger charge is -2.10. The quantitative estimate of drug-likeness (QED) is 0.935. The van der Waals surface area contributed by atoms with Crippen molar-refractivity contribution in [1.29, 1.82) is 0 Å². The average Bonchev–Trinajstić information content (AvgIpc) is 2.39. The van der Waals surface area contributed by atoms with Crippen LogP contribution in [0, 0.1) is 6.92 Å². The molecular weight excluding hydrogens is 262 g/mol. The summed E-state index contributed by atoms with van der Waals surface area (Å²) >= 11 is 0. The molecule has 0 bridgehead atoms. The summed E-state index contributed by atoms with van der Waals surface area (Å²) in [5, 5.41) is 0. The van der Waals surface area contributed by atoms with Crippen molar-refractivity contribution >= 4 is 15.7 Å². The number of aryl methyl sites for hydroxylation is 1. The Hall–Kier alpha value is -2.01. The molecule has 100 valence electrons. The summed E-state index contributed by atoms with van der Waals surface area (Å²) in [4.78, 5) is 0.179. The minimum Gasteiger partial charge on any atom is -0.496 e. The van der Waals surface area contributed by atoms with Gasteiger partial charge in [0.15, 0.2) is 0 Å². The van der Waals surface area contributed by atoms with Crippen molar-refractivity contribution in [2.75, 3.05) is 11.8 Å². The number of anilines is 1. The van der Waals surface area contributed by atoms with E-state index >= 15 is 0 Å². The second-order valence-electron chi connectivity index (χ2n) is 4.10. The van der Waals surface area contributed by atoms with Gasteiger partial charge in [-0.1, -0.05) is 24.3 Å². The Morgan fingerprint density at radius 1 is 1.05 bits per heavy atom. The number of sulfonamides is 1. The van der Waals surface area contributed by atoms with Crippen LogP contribution in [0.25, 0.3) is 0 Å². The van der Waals surface area contributed by atoms with E-state index in [0.717, 1.165) is 5.56 Å². The normalized spacial score (nSPS) is 11.1. The molecule has 0 aliphatic heterocycles. The highest BCUT2D eigenvalue weighted by Gasteiger charge is 2.15. The van der Waals surface area contributed by atoms with Gasteiger partial charge < -0.3 is 4.74 Å². The largest absolute Gasteiger partial charge is 0.496 e. The number of para-hydroxylation sites is 1. The first-order chi connectivity index (χ1) is 9.03. The van der Waals surface area contributed by atoms with Crippen LogP contribution >= 0.6 is 0 Å². The molecule has 2 rings (SSSR count). The van der Waals surface area contributed by atoms with Crippen molar-refractivity contribution < 1.29 is 13.2 Å². The van der Waals surface area contributed by atoms with E-state index in [2.05, 4.69) is 4.72 Å². The first kappa shape index (κ1) is 13.4. The highest BCUT2D eigenvalue weighted by atomic mass is 32.2. The maximum absolute atomic E-state index is 12.2. The molecule has 0 aliphatic rings. The zero-order chi connectivity index (χ0) is 13.9. The zero-order valence-electron chi connectivity index (χ0n) is 10.8. The molecule has 0 aliphatic carbocycles. The summed E-state index contributed by atoms with van der Waals surface area (Å²) in [6.07, 6.45) is 0. The zero-order valence-corrected chi connectivity index (χ0v) is 11.6. The smallest absolute Gasteiger partial charge is 0.262 e. The fourth-order valence-corrected chi connectivity index (χ4v) is 2.76. The lowest BCUT2D eigenvalue weighted by molar-refractivity contribution is 0.410. The molecule has 1 N–H and O–H groups in total. The Bertz CT molecular complexity index is 666. The molecule has 0 fully saturated rings. The summed E-state index contributed by atoms with van der Waals surface area (Å²) in [5.41, 5.74) is 1.42. The van der Waals surface area contributed by atoms with E-state index in [4.69, 9.17) is 4.74 Å². The second-order valence-corrected chi connectivity index (χ2v) is 5.79. The van der Waals surface area contributed by atoms with Gasteiger partial charge in [-0.25, -0.2) is 8.42 Å². The van der Waals surface area contributed by atoms with Gasteiger partial charge in [-0.15, -0.1) is 0 Å². The van der Waals surface area contributed by atoms with Crippen LogP contribution in [0.5, 0.6) is 5.75 Å². The minimum absolute atomic E-state index is 0.179. The maximum Gasteiger partial charge on any atom is 0.262 e. The molecule has 0 atom stereocenters. The fraction of sp³-hybridized carbons (Fsp3) is 0.143. The van der Waals surface area contributed by atoms with E-state index in [-0.39, 0.29) is 4.90 Å². The van der Waals surface area contributed by atoms with E-state index in [1.54, 1.807) is 36.4 Å². The number of nitrogens with one attached hydrogen (secondary N) is 1. The maximum atomic E-state index is 12.2. The Morgan fingerprint density at radius 3 is 2.37 bits per heavy atom. The molecule has 5 heteroatoms. The van der Waals surface area contributed by atoms with Crippen LogP contribution in [0.2, 0.25) is 0 Å². The van der Waals surface area contributed by atoms with E-state index in [0.29, 0.717) is 11.4 Å². The molecule has 2 aromatic carbocycles. The van der Waals surface area contributed by atoms with Crippen molar-refractivity contribution in [2.24, 2.45) is 0 Å². The third-order valence-electron chi connectivity index (χ3n) is 2.72. The first-order valence-corrected chi connectivity index (χ1v) is 7.24. The number of hydrogen-bond donors (Lipinski definition) is 1. The molecule has 0 saturated heterocycles. The predicted molar refractivity (Wildman–Crippen MR) is 75.0 cm³/mol. The van der Waals surface area contributed by atoms with Crippen molar-refractivity contribution in [3.8, 4) is 5.75 Å². The third kappa shape index (κ3) is 3.06. The monoisotopic (exact) mass is 277 g/mol. The molecule has 0 heterocycles. The lowest BCUT2D eigenvalue weighted by Crippen LogP contribution is -2.13. The molecule has 0 radical (unpaired) electrons. The van der Waals surface area contributed by atoms with Crippen LogP contribution in [0.15, 0.2) is 53.4 Å². The van der Waals surface area contributed by atoms with E-state index in [1.165, 1.54) is 13.2 Å². The molecule has 0 unspecified atom stereocenters. The Labute approximate surface area is 113 Å². The predicted octanol–water partition coefficient (Wildman–Crippen LogP) is 2.80. The van der Waals surface area contributed by atoms with Crippen LogP contribution in [0.1, 0.15) is 5.56 Å². The molecule has 0 aromatic heterocycles. The summed E-state index contributed by atoms with van der Waals surface area (Å²) in [6, 6.07) is 13.6. The number of hydrogen-bond acceptors (Lipinski definition) is 3. The summed E-state index contributed by atoms with van der Waals surface area (Å²) in [7, 11) is -2.08. The van der Waals surface area contributed by atoms with E-state index in [9.17, 15) is 8.42 Å². The van der Waals surface area contributed by atoms with Gasteiger partial charge in [0.05, 0.1) is 12.0 Å². The Kier molecular flexibility index (Phi) is 3.76. The van der Waals surface area contributed by atoms with Gasteiger partial charge in [-0.2, -0.15) is 0 Å². The van der Waals surface area contributed by atoms with Crippen molar-refractivity contribution in [3.63, 3.8) is 0 Å². The summed E-state index contributed by atoms with van der Waals surface area (Å²) in [5.74, 6) is 0.552. The Balaban J connectivity index is 2.35. The molecule has 0 saturated carbocycles. The molecular formula is C14H15NO3S. The highest BCUT2D eigenvalue weighted by Crippen LogP contribution is 2.23.